The van der Waals surface area contributed by atoms with Gasteiger partial charge in [-0.25, -0.2) is 8.42 Å². The molecule has 2 N–H and O–H groups in total. The lowest BCUT2D eigenvalue weighted by Crippen LogP contribution is -2.58. The second-order valence-electron chi connectivity index (χ2n) is 4.67. The Balaban J connectivity index is 2.01. The van der Waals surface area contributed by atoms with Gasteiger partial charge < -0.3 is 5.73 Å². The third-order valence-electron chi connectivity index (χ3n) is 3.10. The van der Waals surface area contributed by atoms with Crippen LogP contribution in [0.5, 0.6) is 0 Å². The van der Waals surface area contributed by atoms with Gasteiger partial charge in [-0.15, -0.1) is 0 Å². The fourth-order valence-electron chi connectivity index (χ4n) is 2.00. The van der Waals surface area contributed by atoms with Crippen molar-refractivity contribution < 1.29 is 8.42 Å². The summed E-state index contributed by atoms with van der Waals surface area (Å²) in [5.74, 6) is 0.169. The topological polar surface area (TPSA) is 63.4 Å². The van der Waals surface area contributed by atoms with Crippen LogP contribution in [-0.2, 0) is 10.0 Å². The molecule has 0 aromatic heterocycles. The zero-order valence-corrected chi connectivity index (χ0v) is 10.7. The zero-order valence-electron chi connectivity index (χ0n) is 9.91. The molecule has 0 spiro atoms. The third-order valence-corrected chi connectivity index (χ3v) is 5.11. The van der Waals surface area contributed by atoms with Crippen LogP contribution in [0.2, 0.25) is 0 Å². The number of benzene rings is 1. The first-order valence-electron chi connectivity index (χ1n) is 5.77. The Morgan fingerprint density at radius 1 is 1.35 bits per heavy atom. The van der Waals surface area contributed by atoms with E-state index in [0.717, 1.165) is 5.56 Å². The van der Waals surface area contributed by atoms with Crippen LogP contribution in [0.3, 0.4) is 0 Å². The molecule has 4 nitrogen and oxygen atoms in total. The highest BCUT2D eigenvalue weighted by molar-refractivity contribution is 7.89. The van der Waals surface area contributed by atoms with Crippen molar-refractivity contribution in [1.82, 2.24) is 4.31 Å². The summed E-state index contributed by atoms with van der Waals surface area (Å²) < 4.78 is 25.5. The second-order valence-corrected chi connectivity index (χ2v) is 6.68. The van der Waals surface area contributed by atoms with Crippen LogP contribution in [0.25, 0.3) is 0 Å². The van der Waals surface area contributed by atoms with Gasteiger partial charge in [-0.05, 0) is 11.5 Å². The van der Waals surface area contributed by atoms with E-state index in [1.165, 1.54) is 4.31 Å². The van der Waals surface area contributed by atoms with Gasteiger partial charge in [0, 0.05) is 19.1 Å². The summed E-state index contributed by atoms with van der Waals surface area (Å²) in [5, 5.41) is 0. The van der Waals surface area contributed by atoms with Gasteiger partial charge in [-0.1, -0.05) is 37.3 Å². The largest absolute Gasteiger partial charge is 0.325 e. The van der Waals surface area contributed by atoms with E-state index in [0.29, 0.717) is 13.1 Å². The average molecular weight is 254 g/mol. The predicted octanol–water partition coefficient (Wildman–Crippen LogP) is 0.763. The van der Waals surface area contributed by atoms with Crippen LogP contribution in [0.15, 0.2) is 30.3 Å². The van der Waals surface area contributed by atoms with Gasteiger partial charge in [-0.2, -0.15) is 4.31 Å². The van der Waals surface area contributed by atoms with Crippen molar-refractivity contribution in [2.24, 2.45) is 5.73 Å². The van der Waals surface area contributed by atoms with Crippen LogP contribution in [0.1, 0.15) is 18.4 Å². The summed E-state index contributed by atoms with van der Waals surface area (Å²) in [5.41, 5.74) is 6.66. The molecule has 0 radical (unpaired) electrons. The van der Waals surface area contributed by atoms with E-state index in [1.54, 1.807) is 0 Å². The monoisotopic (exact) mass is 254 g/mol. The summed E-state index contributed by atoms with van der Waals surface area (Å²) in [7, 11) is -3.15. The quantitative estimate of drug-likeness (QED) is 0.863. The van der Waals surface area contributed by atoms with E-state index in [1.807, 2.05) is 37.3 Å². The van der Waals surface area contributed by atoms with E-state index in [-0.39, 0.29) is 17.7 Å². The van der Waals surface area contributed by atoms with Crippen molar-refractivity contribution in [2.75, 3.05) is 18.8 Å². The van der Waals surface area contributed by atoms with E-state index < -0.39 is 10.0 Å². The minimum Gasteiger partial charge on any atom is -0.325 e. The molecule has 1 unspecified atom stereocenters. The van der Waals surface area contributed by atoms with Gasteiger partial charge in [0.15, 0.2) is 0 Å². The summed E-state index contributed by atoms with van der Waals surface area (Å²) in [6, 6.07) is 9.72. The van der Waals surface area contributed by atoms with Crippen LogP contribution in [0, 0.1) is 0 Å². The van der Waals surface area contributed by atoms with Crippen molar-refractivity contribution in [1.29, 1.82) is 0 Å². The van der Waals surface area contributed by atoms with Crippen molar-refractivity contribution in [2.45, 2.75) is 18.9 Å². The van der Waals surface area contributed by atoms with E-state index in [9.17, 15) is 8.42 Å². The molecule has 5 heteroatoms. The minimum absolute atomic E-state index is 0.0109. The van der Waals surface area contributed by atoms with Gasteiger partial charge in [0.25, 0.3) is 0 Å². The molecule has 1 atom stereocenters. The molecule has 17 heavy (non-hydrogen) atoms. The Kier molecular flexibility index (Phi) is 3.51. The van der Waals surface area contributed by atoms with Crippen LogP contribution >= 0.6 is 0 Å². The first-order valence-corrected chi connectivity index (χ1v) is 7.38. The first-order chi connectivity index (χ1) is 7.99. The van der Waals surface area contributed by atoms with Crippen molar-refractivity contribution >= 4 is 10.0 Å². The number of rotatable bonds is 4. The highest BCUT2D eigenvalue weighted by Gasteiger charge is 2.34. The maximum atomic E-state index is 12.0. The molecular weight excluding hydrogens is 236 g/mol. The molecule has 0 amide bonds. The highest BCUT2D eigenvalue weighted by Crippen LogP contribution is 2.21. The van der Waals surface area contributed by atoms with Crippen molar-refractivity contribution in [3.63, 3.8) is 0 Å². The molecule has 1 aliphatic rings. The Hall–Kier alpha value is -0.910. The molecule has 94 valence electrons. The van der Waals surface area contributed by atoms with Crippen LogP contribution in [0.4, 0.5) is 0 Å². The SMILES string of the molecule is CC(CS(=O)(=O)N1CC(N)C1)c1ccccc1. The number of sulfonamides is 1. The Bertz CT molecular complexity index is 467. The highest BCUT2D eigenvalue weighted by atomic mass is 32.2. The fourth-order valence-corrected chi connectivity index (χ4v) is 3.87. The lowest BCUT2D eigenvalue weighted by atomic mass is 10.0. The standard InChI is InChI=1S/C12H18N2O2S/c1-10(11-5-3-2-4-6-11)9-17(15,16)14-7-12(13)8-14/h2-6,10,12H,7-9,13H2,1H3. The molecule has 1 aromatic rings. The average Bonchev–Trinajstić information content (AvgIpc) is 2.25. The van der Waals surface area contributed by atoms with E-state index in [2.05, 4.69) is 0 Å². The molecule has 1 aromatic carbocycles. The van der Waals surface area contributed by atoms with Crippen molar-refractivity contribution in [3.8, 4) is 0 Å². The van der Waals surface area contributed by atoms with E-state index >= 15 is 0 Å². The maximum Gasteiger partial charge on any atom is 0.214 e. The predicted molar refractivity (Wildman–Crippen MR) is 68.2 cm³/mol. The maximum absolute atomic E-state index is 12.0. The van der Waals surface area contributed by atoms with Gasteiger partial charge in [-0.3, -0.25) is 0 Å². The number of hydrogen-bond acceptors (Lipinski definition) is 3. The number of hydrogen-bond donors (Lipinski definition) is 1. The van der Waals surface area contributed by atoms with E-state index in [4.69, 9.17) is 5.73 Å². The molecule has 2 rings (SSSR count). The van der Waals surface area contributed by atoms with Crippen LogP contribution < -0.4 is 5.73 Å². The van der Waals surface area contributed by atoms with Gasteiger partial charge in [0.1, 0.15) is 0 Å². The molecule has 0 saturated carbocycles. The summed E-state index contributed by atoms with van der Waals surface area (Å²) in [4.78, 5) is 0. The van der Waals surface area contributed by atoms with Gasteiger partial charge >= 0.3 is 0 Å². The van der Waals surface area contributed by atoms with Crippen LogP contribution in [-0.4, -0.2) is 37.6 Å². The second kappa shape index (κ2) is 4.76. The molecule has 1 heterocycles. The Labute approximate surface area is 102 Å². The zero-order chi connectivity index (χ0) is 12.5. The normalized spacial score (nSPS) is 19.9. The number of nitrogens with two attached hydrogens (primary N) is 1. The smallest absolute Gasteiger partial charge is 0.214 e. The Morgan fingerprint density at radius 2 is 1.94 bits per heavy atom. The van der Waals surface area contributed by atoms with Crippen molar-refractivity contribution in [3.05, 3.63) is 35.9 Å². The first kappa shape index (κ1) is 12.5. The summed E-state index contributed by atoms with van der Waals surface area (Å²) in [6.45, 7) is 2.86. The Morgan fingerprint density at radius 3 is 2.47 bits per heavy atom. The summed E-state index contributed by atoms with van der Waals surface area (Å²) >= 11 is 0. The minimum atomic E-state index is -3.15. The lowest BCUT2D eigenvalue weighted by Gasteiger charge is -2.36. The molecule has 0 aliphatic carbocycles. The molecular formula is C12H18N2O2S. The fraction of sp³-hybridized carbons (Fsp3) is 0.500. The lowest BCUT2D eigenvalue weighted by molar-refractivity contribution is 0.265. The van der Waals surface area contributed by atoms with Gasteiger partial charge in [0.05, 0.1) is 5.75 Å². The molecule has 0 bridgehead atoms. The summed E-state index contributed by atoms with van der Waals surface area (Å²) in [6.07, 6.45) is 0. The number of nitrogens with zero attached hydrogens (tertiary/aromatic N) is 1. The molecule has 1 fully saturated rings. The van der Waals surface area contributed by atoms with Gasteiger partial charge in [0.2, 0.25) is 10.0 Å². The molecule has 1 aliphatic heterocycles. The third kappa shape index (κ3) is 2.86. The molecule has 1 saturated heterocycles.